The molecule has 3 heterocycles. The molecule has 33 heavy (non-hydrogen) atoms. The number of ether oxygens (including phenoxy) is 2. The third-order valence-corrected chi connectivity index (χ3v) is 6.00. The Kier molecular flexibility index (Phi) is 4.87. The number of esters is 1. The summed E-state index contributed by atoms with van der Waals surface area (Å²) in [5.74, 6) is -1.54. The summed E-state index contributed by atoms with van der Waals surface area (Å²) in [4.78, 5) is 44.1. The number of aromatic amines is 1. The fourth-order valence-corrected chi connectivity index (χ4v) is 4.53. The van der Waals surface area contributed by atoms with E-state index in [1.165, 1.54) is 21.3 Å². The van der Waals surface area contributed by atoms with Crippen LogP contribution in [0.1, 0.15) is 21.6 Å². The summed E-state index contributed by atoms with van der Waals surface area (Å²) in [6.07, 6.45) is 1.72. The van der Waals surface area contributed by atoms with Crippen LogP contribution in [0.25, 0.3) is 33.0 Å². The van der Waals surface area contributed by atoms with Gasteiger partial charge in [-0.1, -0.05) is 36.4 Å². The Hall–Kier alpha value is -4.17. The molecule has 1 N–H and O–H groups in total. The second-order valence-electron chi connectivity index (χ2n) is 7.75. The topological polar surface area (TPSA) is 93.6 Å². The van der Waals surface area contributed by atoms with E-state index in [-0.39, 0.29) is 23.6 Å². The number of methoxy groups -OCH3 is 2. The summed E-state index contributed by atoms with van der Waals surface area (Å²) < 4.78 is 12.1. The number of rotatable bonds is 5. The lowest BCUT2D eigenvalue weighted by Gasteiger charge is -2.10. The highest BCUT2D eigenvalue weighted by Crippen LogP contribution is 2.42. The van der Waals surface area contributed by atoms with Crippen LogP contribution in [0, 0.1) is 0 Å². The van der Waals surface area contributed by atoms with Crippen molar-refractivity contribution in [1.82, 2.24) is 14.5 Å². The summed E-state index contributed by atoms with van der Waals surface area (Å²) in [6, 6.07) is 14.9. The Balaban J connectivity index is 1.94. The molecule has 0 bridgehead atoms. The van der Waals surface area contributed by atoms with Gasteiger partial charge in [-0.15, -0.1) is 0 Å². The smallest absolute Gasteiger partial charge is 0.355 e. The fourth-order valence-electron chi connectivity index (χ4n) is 4.53. The zero-order valence-corrected chi connectivity index (χ0v) is 18.3. The third-order valence-electron chi connectivity index (χ3n) is 6.00. The largest absolute Gasteiger partial charge is 0.464 e. The molecule has 4 aromatic rings. The lowest BCUT2D eigenvalue weighted by atomic mass is 9.94. The molecule has 0 saturated heterocycles. The average Bonchev–Trinajstić information content (AvgIpc) is 3.46. The zero-order valence-electron chi connectivity index (χ0n) is 18.3. The molecule has 166 valence electrons. The number of carbonyl (C=O) groups excluding carboxylic acids is 3. The molecule has 0 spiro atoms. The molecule has 0 unspecified atom stereocenters. The Morgan fingerprint density at radius 2 is 1.61 bits per heavy atom. The van der Waals surface area contributed by atoms with Gasteiger partial charge in [-0.25, -0.2) is 4.79 Å². The number of para-hydroxylation sites is 2. The Morgan fingerprint density at radius 3 is 2.33 bits per heavy atom. The van der Waals surface area contributed by atoms with Gasteiger partial charge in [-0.2, -0.15) is 0 Å². The molecule has 8 nitrogen and oxygen atoms in total. The maximum atomic E-state index is 13.5. The van der Waals surface area contributed by atoms with E-state index in [0.29, 0.717) is 22.0 Å². The van der Waals surface area contributed by atoms with Crippen LogP contribution in [0.2, 0.25) is 0 Å². The maximum Gasteiger partial charge on any atom is 0.355 e. The van der Waals surface area contributed by atoms with Crippen molar-refractivity contribution in [1.29, 1.82) is 0 Å². The van der Waals surface area contributed by atoms with Crippen molar-refractivity contribution in [2.24, 2.45) is 0 Å². The van der Waals surface area contributed by atoms with E-state index < -0.39 is 17.8 Å². The number of aromatic nitrogens is 2. The first-order chi connectivity index (χ1) is 16.0. The summed E-state index contributed by atoms with van der Waals surface area (Å²) in [7, 11) is 4.24. The maximum absolute atomic E-state index is 13.5. The molecule has 0 saturated carbocycles. The number of nitrogens with one attached hydrogen (secondary N) is 1. The number of H-pyrrole nitrogens is 1. The van der Waals surface area contributed by atoms with Gasteiger partial charge in [0.05, 0.1) is 23.8 Å². The summed E-state index contributed by atoms with van der Waals surface area (Å²) >= 11 is 0. The van der Waals surface area contributed by atoms with Gasteiger partial charge in [0.25, 0.3) is 11.8 Å². The highest BCUT2D eigenvalue weighted by Gasteiger charge is 2.41. The highest BCUT2D eigenvalue weighted by molar-refractivity contribution is 6.51. The number of carbonyl (C=O) groups is 3. The molecule has 8 heteroatoms. The molecule has 1 aliphatic heterocycles. The van der Waals surface area contributed by atoms with Gasteiger partial charge in [0.1, 0.15) is 12.4 Å². The van der Waals surface area contributed by atoms with E-state index in [0.717, 1.165) is 15.8 Å². The zero-order chi connectivity index (χ0) is 23.3. The second kappa shape index (κ2) is 7.75. The highest BCUT2D eigenvalue weighted by atomic mass is 16.5. The van der Waals surface area contributed by atoms with Crippen molar-refractivity contribution in [2.45, 2.75) is 6.73 Å². The van der Waals surface area contributed by atoms with Crippen LogP contribution >= 0.6 is 0 Å². The van der Waals surface area contributed by atoms with Gasteiger partial charge in [-0.05, 0) is 12.1 Å². The van der Waals surface area contributed by atoms with Gasteiger partial charge in [-0.3, -0.25) is 14.5 Å². The number of nitrogens with zero attached hydrogens (tertiary/aromatic N) is 2. The lowest BCUT2D eigenvalue weighted by Crippen LogP contribution is -2.26. The first-order valence-corrected chi connectivity index (χ1v) is 10.3. The first-order valence-electron chi connectivity index (χ1n) is 10.3. The molecular weight excluding hydrogens is 422 g/mol. The van der Waals surface area contributed by atoms with Crippen LogP contribution in [-0.4, -0.2) is 53.5 Å². The van der Waals surface area contributed by atoms with Crippen LogP contribution in [0.4, 0.5) is 0 Å². The second-order valence-corrected chi connectivity index (χ2v) is 7.75. The molecule has 0 fully saturated rings. The van der Waals surface area contributed by atoms with Crippen molar-refractivity contribution in [3.63, 3.8) is 0 Å². The number of hydrogen-bond acceptors (Lipinski definition) is 5. The monoisotopic (exact) mass is 443 g/mol. The SMILES string of the molecule is COCn1c(C(=O)OC)c(C2=C(c3c[nH]c4ccccc34)C(=O)N(C)C2=O)c2ccccc21. The fraction of sp³-hybridized carbons (Fsp3) is 0.160. The van der Waals surface area contributed by atoms with E-state index in [9.17, 15) is 14.4 Å². The van der Waals surface area contributed by atoms with Crippen molar-refractivity contribution < 1.29 is 23.9 Å². The normalized spacial score (nSPS) is 14.2. The van der Waals surface area contributed by atoms with Crippen LogP contribution < -0.4 is 0 Å². The minimum absolute atomic E-state index is 0.0681. The van der Waals surface area contributed by atoms with E-state index in [2.05, 4.69) is 4.98 Å². The van der Waals surface area contributed by atoms with E-state index in [1.807, 2.05) is 48.5 Å². The summed E-state index contributed by atoms with van der Waals surface area (Å²) in [6.45, 7) is 0.0681. The Morgan fingerprint density at radius 1 is 0.939 bits per heavy atom. The van der Waals surface area contributed by atoms with Gasteiger partial charge < -0.3 is 19.0 Å². The molecule has 5 rings (SSSR count). The quantitative estimate of drug-likeness (QED) is 0.377. The van der Waals surface area contributed by atoms with Gasteiger partial charge >= 0.3 is 5.97 Å². The molecule has 0 aliphatic carbocycles. The lowest BCUT2D eigenvalue weighted by molar-refractivity contribution is -0.134. The summed E-state index contributed by atoms with van der Waals surface area (Å²) in [5.41, 5.74) is 3.05. The van der Waals surface area contributed by atoms with Crippen LogP contribution in [0.5, 0.6) is 0 Å². The van der Waals surface area contributed by atoms with Gasteiger partial charge in [0.15, 0.2) is 0 Å². The number of fused-ring (bicyclic) bond motifs is 2. The Labute approximate surface area is 189 Å². The standard InChI is InChI=1S/C25H21N3O5/c1-27-23(29)20(16-12-26-17-10-6-4-8-14(16)17)21(24(27)30)19-15-9-5-7-11-18(15)28(13-32-2)22(19)25(31)33-3/h4-12,26H,13H2,1-3H3. The van der Waals surface area contributed by atoms with Gasteiger partial charge in [0.2, 0.25) is 0 Å². The predicted octanol–water partition coefficient (Wildman–Crippen LogP) is 3.42. The minimum Gasteiger partial charge on any atom is -0.464 e. The van der Waals surface area contributed by atoms with E-state index in [1.54, 1.807) is 10.8 Å². The number of hydrogen-bond donors (Lipinski definition) is 1. The van der Waals surface area contributed by atoms with E-state index >= 15 is 0 Å². The molecular formula is C25H21N3O5. The molecule has 0 atom stereocenters. The van der Waals surface area contributed by atoms with Crippen LogP contribution in [0.3, 0.4) is 0 Å². The van der Waals surface area contributed by atoms with Crippen molar-refractivity contribution in [3.05, 3.63) is 71.5 Å². The van der Waals surface area contributed by atoms with Crippen molar-refractivity contribution in [2.75, 3.05) is 21.3 Å². The van der Waals surface area contributed by atoms with E-state index in [4.69, 9.17) is 9.47 Å². The first kappa shape index (κ1) is 20.7. The number of likely N-dealkylation sites (N-methyl/N-ethyl adjacent to an activating group) is 1. The predicted molar refractivity (Wildman–Crippen MR) is 123 cm³/mol. The number of benzene rings is 2. The Bertz CT molecular complexity index is 1490. The average molecular weight is 443 g/mol. The molecule has 2 aromatic carbocycles. The molecule has 0 radical (unpaired) electrons. The van der Waals surface area contributed by atoms with Crippen LogP contribution in [-0.2, 0) is 25.8 Å². The third kappa shape index (κ3) is 2.91. The van der Waals surface area contributed by atoms with Crippen LogP contribution in [0.15, 0.2) is 54.7 Å². The molecule has 1 aliphatic rings. The minimum atomic E-state index is -0.626. The van der Waals surface area contributed by atoms with Crippen molar-refractivity contribution >= 4 is 50.7 Å². The van der Waals surface area contributed by atoms with Gasteiger partial charge in [0, 0.05) is 47.8 Å². The molecule has 2 amide bonds. The molecule has 2 aromatic heterocycles. The van der Waals surface area contributed by atoms with Crippen molar-refractivity contribution in [3.8, 4) is 0 Å². The number of imide groups is 1. The summed E-state index contributed by atoms with van der Waals surface area (Å²) in [5, 5.41) is 1.46. The number of amides is 2.